The van der Waals surface area contributed by atoms with E-state index < -0.39 is 29.3 Å². The average molecular weight is 366 g/mol. The second-order valence-electron chi connectivity index (χ2n) is 5.69. The van der Waals surface area contributed by atoms with Crippen molar-refractivity contribution in [3.05, 3.63) is 57.6 Å². The zero-order chi connectivity index (χ0) is 18.3. The molecule has 1 aromatic carbocycles. The minimum atomic E-state index is -1.28. The third-order valence-electron chi connectivity index (χ3n) is 3.98. The van der Waals surface area contributed by atoms with Crippen LogP contribution in [0.1, 0.15) is 34.7 Å². The Morgan fingerprint density at radius 1 is 1.28 bits per heavy atom. The standard InChI is InChI=1S/C17H13F3N2O2S/c1-7(17(23)24)10-3-9(8(2)21-6-10)4-13-22-15-14(20)11(18)5-12(19)16(15)25-13/h3,5-7H,4H2,1-2H3,(H,23,24). The molecular formula is C17H13F3N2O2S. The van der Waals surface area contributed by atoms with Crippen molar-refractivity contribution in [2.45, 2.75) is 26.2 Å². The number of aromatic nitrogens is 2. The van der Waals surface area contributed by atoms with Crippen LogP contribution in [0.15, 0.2) is 18.3 Å². The second kappa shape index (κ2) is 6.44. The molecule has 3 aromatic rings. The summed E-state index contributed by atoms with van der Waals surface area (Å²) in [4.78, 5) is 19.3. The Morgan fingerprint density at radius 2 is 2.00 bits per heavy atom. The molecule has 1 atom stereocenters. The Hall–Kier alpha value is -2.48. The zero-order valence-electron chi connectivity index (χ0n) is 13.3. The second-order valence-corrected chi connectivity index (χ2v) is 6.77. The number of aryl methyl sites for hydroxylation is 1. The average Bonchev–Trinajstić information content (AvgIpc) is 2.98. The van der Waals surface area contributed by atoms with Gasteiger partial charge < -0.3 is 5.11 Å². The lowest BCUT2D eigenvalue weighted by Crippen LogP contribution is -2.09. The maximum atomic E-state index is 13.8. The summed E-state index contributed by atoms with van der Waals surface area (Å²) in [5.74, 6) is -5.03. The number of rotatable bonds is 4. The van der Waals surface area contributed by atoms with Gasteiger partial charge in [0, 0.05) is 24.4 Å². The summed E-state index contributed by atoms with van der Waals surface area (Å²) in [6.07, 6.45) is 1.71. The zero-order valence-corrected chi connectivity index (χ0v) is 14.1. The normalized spacial score (nSPS) is 12.5. The van der Waals surface area contributed by atoms with E-state index in [1.54, 1.807) is 19.9 Å². The van der Waals surface area contributed by atoms with E-state index in [0.717, 1.165) is 11.3 Å². The van der Waals surface area contributed by atoms with Crippen LogP contribution in [-0.4, -0.2) is 21.0 Å². The van der Waals surface area contributed by atoms with Gasteiger partial charge in [-0.25, -0.2) is 18.2 Å². The number of carboxylic acids is 1. The summed E-state index contributed by atoms with van der Waals surface area (Å²) in [5, 5.41) is 9.50. The molecular weight excluding hydrogens is 353 g/mol. The smallest absolute Gasteiger partial charge is 0.310 e. The first kappa shape index (κ1) is 17.3. The van der Waals surface area contributed by atoms with E-state index in [1.807, 2.05) is 0 Å². The van der Waals surface area contributed by atoms with Crippen molar-refractivity contribution >= 4 is 27.5 Å². The highest BCUT2D eigenvalue weighted by molar-refractivity contribution is 7.18. The number of pyridine rings is 1. The monoisotopic (exact) mass is 366 g/mol. The lowest BCUT2D eigenvalue weighted by atomic mass is 9.99. The van der Waals surface area contributed by atoms with Crippen LogP contribution in [0.25, 0.3) is 10.2 Å². The molecule has 1 N–H and O–H groups in total. The highest BCUT2D eigenvalue weighted by atomic mass is 32.1. The van der Waals surface area contributed by atoms with E-state index in [2.05, 4.69) is 9.97 Å². The van der Waals surface area contributed by atoms with Crippen LogP contribution >= 0.6 is 11.3 Å². The molecule has 2 aromatic heterocycles. The van der Waals surface area contributed by atoms with Gasteiger partial charge in [-0.15, -0.1) is 11.3 Å². The number of carbonyl (C=O) groups is 1. The predicted molar refractivity (Wildman–Crippen MR) is 87.3 cm³/mol. The number of fused-ring (bicyclic) bond motifs is 1. The Bertz CT molecular complexity index is 988. The fourth-order valence-electron chi connectivity index (χ4n) is 2.42. The fourth-order valence-corrected chi connectivity index (χ4v) is 3.41. The van der Waals surface area contributed by atoms with Gasteiger partial charge in [-0.2, -0.15) is 0 Å². The van der Waals surface area contributed by atoms with E-state index in [1.165, 1.54) is 6.20 Å². The number of benzene rings is 1. The van der Waals surface area contributed by atoms with Gasteiger partial charge >= 0.3 is 5.97 Å². The molecule has 25 heavy (non-hydrogen) atoms. The van der Waals surface area contributed by atoms with Crippen molar-refractivity contribution in [1.29, 1.82) is 0 Å². The maximum Gasteiger partial charge on any atom is 0.310 e. The molecule has 3 rings (SSSR count). The van der Waals surface area contributed by atoms with Crippen LogP contribution in [0, 0.1) is 24.4 Å². The van der Waals surface area contributed by atoms with Crippen molar-refractivity contribution in [3.63, 3.8) is 0 Å². The molecule has 8 heteroatoms. The van der Waals surface area contributed by atoms with Gasteiger partial charge in [0.05, 0.1) is 15.6 Å². The highest BCUT2D eigenvalue weighted by Crippen LogP contribution is 2.30. The van der Waals surface area contributed by atoms with Crippen molar-refractivity contribution in [2.75, 3.05) is 0 Å². The van der Waals surface area contributed by atoms with Crippen LogP contribution < -0.4 is 0 Å². The minimum Gasteiger partial charge on any atom is -0.481 e. The third-order valence-corrected chi connectivity index (χ3v) is 5.05. The van der Waals surface area contributed by atoms with E-state index >= 15 is 0 Å². The number of nitrogens with zero attached hydrogens (tertiary/aromatic N) is 2. The summed E-state index contributed by atoms with van der Waals surface area (Å²) in [7, 11) is 0. The van der Waals surface area contributed by atoms with Crippen LogP contribution in [-0.2, 0) is 11.2 Å². The van der Waals surface area contributed by atoms with Gasteiger partial charge in [0.2, 0.25) is 0 Å². The van der Waals surface area contributed by atoms with Crippen molar-refractivity contribution in [3.8, 4) is 0 Å². The van der Waals surface area contributed by atoms with Crippen LogP contribution in [0.3, 0.4) is 0 Å². The SMILES string of the molecule is Cc1ncc(C(C)C(=O)O)cc1Cc1nc2c(F)c(F)cc(F)c2s1. The summed E-state index contributed by atoms with van der Waals surface area (Å²) < 4.78 is 40.9. The molecule has 1 unspecified atom stereocenters. The molecule has 0 bridgehead atoms. The quantitative estimate of drug-likeness (QED) is 0.703. The molecule has 0 aliphatic rings. The number of carboxylic acid groups (broad SMARTS) is 1. The molecule has 2 heterocycles. The lowest BCUT2D eigenvalue weighted by molar-refractivity contribution is -0.138. The molecule has 0 spiro atoms. The van der Waals surface area contributed by atoms with E-state index in [-0.39, 0.29) is 16.6 Å². The Morgan fingerprint density at radius 3 is 2.68 bits per heavy atom. The summed E-state index contributed by atoms with van der Waals surface area (Å²) in [5.41, 5.74) is 1.55. The van der Waals surface area contributed by atoms with Crippen LogP contribution in [0.5, 0.6) is 0 Å². The van der Waals surface area contributed by atoms with Gasteiger partial charge in [0.15, 0.2) is 11.6 Å². The van der Waals surface area contributed by atoms with Gasteiger partial charge in [-0.1, -0.05) is 6.07 Å². The third kappa shape index (κ3) is 3.21. The van der Waals surface area contributed by atoms with Gasteiger partial charge in [-0.3, -0.25) is 9.78 Å². The lowest BCUT2D eigenvalue weighted by Gasteiger charge is -2.10. The fraction of sp³-hybridized carbons (Fsp3) is 0.235. The Labute approximate surface area is 145 Å². The van der Waals surface area contributed by atoms with E-state index in [0.29, 0.717) is 27.9 Å². The van der Waals surface area contributed by atoms with E-state index in [4.69, 9.17) is 5.11 Å². The summed E-state index contributed by atoms with van der Waals surface area (Å²) in [6, 6.07) is 2.20. The first-order valence-electron chi connectivity index (χ1n) is 7.39. The Balaban J connectivity index is 2.01. The van der Waals surface area contributed by atoms with Gasteiger partial charge in [-0.05, 0) is 25.0 Å². The summed E-state index contributed by atoms with van der Waals surface area (Å²) in [6.45, 7) is 3.29. The van der Waals surface area contributed by atoms with Crippen molar-refractivity contribution < 1.29 is 23.1 Å². The summed E-state index contributed by atoms with van der Waals surface area (Å²) >= 11 is 0.934. The van der Waals surface area contributed by atoms with Crippen molar-refractivity contribution in [1.82, 2.24) is 9.97 Å². The van der Waals surface area contributed by atoms with Gasteiger partial charge in [0.25, 0.3) is 0 Å². The minimum absolute atomic E-state index is 0.0467. The van der Waals surface area contributed by atoms with E-state index in [9.17, 15) is 18.0 Å². The number of aliphatic carboxylic acids is 1. The number of thiazole rings is 1. The first-order chi connectivity index (χ1) is 11.8. The van der Waals surface area contributed by atoms with Crippen LogP contribution in [0.4, 0.5) is 13.2 Å². The number of hydrogen-bond acceptors (Lipinski definition) is 4. The molecule has 0 radical (unpaired) electrons. The first-order valence-corrected chi connectivity index (χ1v) is 8.20. The molecule has 0 fully saturated rings. The molecule has 0 aliphatic carbocycles. The molecule has 0 saturated carbocycles. The molecule has 4 nitrogen and oxygen atoms in total. The predicted octanol–water partition coefficient (Wildman–Crippen LogP) is 4.20. The topological polar surface area (TPSA) is 63.1 Å². The molecule has 0 saturated heterocycles. The van der Waals surface area contributed by atoms with Crippen molar-refractivity contribution in [2.24, 2.45) is 0 Å². The number of halogens is 3. The maximum absolute atomic E-state index is 13.8. The number of hydrogen-bond donors (Lipinski definition) is 1. The van der Waals surface area contributed by atoms with Gasteiger partial charge in [0.1, 0.15) is 11.3 Å². The van der Waals surface area contributed by atoms with Crippen LogP contribution in [0.2, 0.25) is 0 Å². The highest BCUT2D eigenvalue weighted by Gasteiger charge is 2.19. The largest absolute Gasteiger partial charge is 0.481 e. The molecule has 0 aliphatic heterocycles. The Kier molecular flexibility index (Phi) is 4.47. The molecule has 0 amide bonds. The molecule has 130 valence electrons.